The summed E-state index contributed by atoms with van der Waals surface area (Å²) in [5.41, 5.74) is 0. The molecular formula is C13H21NS. The summed E-state index contributed by atoms with van der Waals surface area (Å²) in [4.78, 5) is 1.49. The Morgan fingerprint density at radius 1 is 1.33 bits per heavy atom. The summed E-state index contributed by atoms with van der Waals surface area (Å²) in [5.74, 6) is 0. The smallest absolute Gasteiger partial charge is 0.00482 e. The Bertz CT molecular complexity index is 262. The van der Waals surface area contributed by atoms with Gasteiger partial charge in [-0.1, -0.05) is 32.1 Å². The standard InChI is InChI=1S/C13H21NS/c1-12(2)14-10-6-4-3-5-8-13-9-7-11-15-13/h3-4,7,9,11-12,14H,5-6,8,10H2,1-2H3. The van der Waals surface area contributed by atoms with Gasteiger partial charge in [0.05, 0.1) is 0 Å². The Hall–Kier alpha value is -0.600. The zero-order valence-electron chi connectivity index (χ0n) is 9.70. The first-order chi connectivity index (χ1) is 7.29. The number of hydrogen-bond acceptors (Lipinski definition) is 2. The van der Waals surface area contributed by atoms with Crippen molar-refractivity contribution in [1.29, 1.82) is 0 Å². The van der Waals surface area contributed by atoms with Crippen LogP contribution in [0.15, 0.2) is 29.7 Å². The molecule has 1 aromatic rings. The van der Waals surface area contributed by atoms with Crippen molar-refractivity contribution in [2.45, 2.75) is 39.2 Å². The van der Waals surface area contributed by atoms with Crippen LogP contribution < -0.4 is 5.32 Å². The molecule has 0 spiro atoms. The molecule has 0 aliphatic carbocycles. The number of nitrogens with one attached hydrogen (secondary N) is 1. The predicted molar refractivity (Wildman–Crippen MR) is 69.5 cm³/mol. The van der Waals surface area contributed by atoms with E-state index in [1.807, 2.05) is 11.3 Å². The second-order valence-corrected chi connectivity index (χ2v) is 5.02. The van der Waals surface area contributed by atoms with Crippen LogP contribution in [-0.2, 0) is 6.42 Å². The average Bonchev–Trinajstić information content (AvgIpc) is 2.68. The van der Waals surface area contributed by atoms with Crippen LogP contribution in [0, 0.1) is 0 Å². The van der Waals surface area contributed by atoms with Gasteiger partial charge in [0.1, 0.15) is 0 Å². The number of rotatable bonds is 7. The summed E-state index contributed by atoms with van der Waals surface area (Å²) in [6, 6.07) is 4.93. The van der Waals surface area contributed by atoms with Crippen molar-refractivity contribution in [3.05, 3.63) is 34.5 Å². The summed E-state index contributed by atoms with van der Waals surface area (Å²) in [6.45, 7) is 5.45. The highest BCUT2D eigenvalue weighted by atomic mass is 32.1. The molecule has 1 heterocycles. The summed E-state index contributed by atoms with van der Waals surface area (Å²) in [5, 5.41) is 5.55. The van der Waals surface area contributed by atoms with Crippen molar-refractivity contribution in [3.8, 4) is 0 Å². The van der Waals surface area contributed by atoms with Crippen LogP contribution in [0.1, 0.15) is 31.6 Å². The van der Waals surface area contributed by atoms with Crippen LogP contribution in [0.3, 0.4) is 0 Å². The van der Waals surface area contributed by atoms with Gasteiger partial charge in [0.2, 0.25) is 0 Å². The van der Waals surface area contributed by atoms with Gasteiger partial charge in [0.25, 0.3) is 0 Å². The molecule has 0 aliphatic rings. The topological polar surface area (TPSA) is 12.0 Å². The van der Waals surface area contributed by atoms with Gasteiger partial charge < -0.3 is 5.32 Å². The molecule has 0 aliphatic heterocycles. The van der Waals surface area contributed by atoms with Crippen molar-refractivity contribution in [3.63, 3.8) is 0 Å². The highest BCUT2D eigenvalue weighted by Gasteiger charge is 1.91. The summed E-state index contributed by atoms with van der Waals surface area (Å²) < 4.78 is 0. The second kappa shape index (κ2) is 7.66. The van der Waals surface area contributed by atoms with Crippen LogP contribution in [0.2, 0.25) is 0 Å². The minimum Gasteiger partial charge on any atom is -0.314 e. The largest absolute Gasteiger partial charge is 0.314 e. The van der Waals surface area contributed by atoms with Crippen molar-refractivity contribution in [1.82, 2.24) is 5.32 Å². The van der Waals surface area contributed by atoms with E-state index in [4.69, 9.17) is 0 Å². The lowest BCUT2D eigenvalue weighted by Crippen LogP contribution is -2.23. The second-order valence-electron chi connectivity index (χ2n) is 3.99. The molecule has 1 nitrogen and oxygen atoms in total. The lowest BCUT2D eigenvalue weighted by Gasteiger charge is -2.04. The number of thiophene rings is 1. The number of hydrogen-bond donors (Lipinski definition) is 1. The SMILES string of the molecule is CC(C)NCCC=CCCc1cccs1. The van der Waals surface area contributed by atoms with Gasteiger partial charge in [0.15, 0.2) is 0 Å². The molecule has 0 bridgehead atoms. The summed E-state index contributed by atoms with van der Waals surface area (Å²) in [7, 11) is 0. The van der Waals surface area contributed by atoms with Gasteiger partial charge >= 0.3 is 0 Å². The van der Waals surface area contributed by atoms with E-state index in [9.17, 15) is 0 Å². The number of aryl methyl sites for hydroxylation is 1. The Balaban J connectivity index is 1.98. The molecule has 0 saturated carbocycles. The molecule has 0 amide bonds. The summed E-state index contributed by atoms with van der Waals surface area (Å²) >= 11 is 1.85. The Morgan fingerprint density at radius 3 is 2.80 bits per heavy atom. The molecule has 1 rings (SSSR count). The lowest BCUT2D eigenvalue weighted by atomic mass is 10.2. The zero-order valence-corrected chi connectivity index (χ0v) is 10.5. The van der Waals surface area contributed by atoms with E-state index in [-0.39, 0.29) is 0 Å². The molecule has 84 valence electrons. The first kappa shape index (κ1) is 12.5. The third-order valence-corrected chi connectivity index (χ3v) is 3.10. The van der Waals surface area contributed by atoms with Gasteiger partial charge in [-0.3, -0.25) is 0 Å². The molecule has 0 aromatic carbocycles. The van der Waals surface area contributed by atoms with Crippen LogP contribution >= 0.6 is 11.3 Å². The molecular weight excluding hydrogens is 202 g/mol. The third kappa shape index (κ3) is 6.47. The molecule has 0 atom stereocenters. The highest BCUT2D eigenvalue weighted by Crippen LogP contribution is 2.10. The van der Waals surface area contributed by atoms with Crippen LogP contribution in [0.25, 0.3) is 0 Å². The van der Waals surface area contributed by atoms with Gasteiger partial charge in [-0.2, -0.15) is 0 Å². The van der Waals surface area contributed by atoms with E-state index in [0.29, 0.717) is 6.04 Å². The Kier molecular flexibility index (Phi) is 6.37. The fourth-order valence-electron chi connectivity index (χ4n) is 1.37. The number of allylic oxidation sites excluding steroid dienone is 1. The Morgan fingerprint density at radius 2 is 2.13 bits per heavy atom. The van der Waals surface area contributed by atoms with E-state index in [0.717, 1.165) is 13.0 Å². The van der Waals surface area contributed by atoms with Crippen molar-refractivity contribution >= 4 is 11.3 Å². The first-order valence-corrected chi connectivity index (χ1v) is 6.58. The van der Waals surface area contributed by atoms with Crippen LogP contribution in [0.4, 0.5) is 0 Å². The maximum absolute atomic E-state index is 3.40. The zero-order chi connectivity index (χ0) is 10.9. The minimum absolute atomic E-state index is 0.601. The summed E-state index contributed by atoms with van der Waals surface area (Å²) in [6.07, 6.45) is 8.07. The lowest BCUT2D eigenvalue weighted by molar-refractivity contribution is 0.594. The Labute approximate surface area is 97.2 Å². The molecule has 0 radical (unpaired) electrons. The minimum atomic E-state index is 0.601. The molecule has 2 heteroatoms. The molecule has 0 saturated heterocycles. The molecule has 1 aromatic heterocycles. The average molecular weight is 223 g/mol. The van der Waals surface area contributed by atoms with Gasteiger partial charge in [-0.05, 0) is 37.3 Å². The quantitative estimate of drug-likeness (QED) is 0.550. The van der Waals surface area contributed by atoms with E-state index in [1.54, 1.807) is 0 Å². The van der Waals surface area contributed by atoms with Crippen LogP contribution in [-0.4, -0.2) is 12.6 Å². The maximum atomic E-state index is 3.40. The van der Waals surface area contributed by atoms with Crippen molar-refractivity contribution in [2.75, 3.05) is 6.54 Å². The van der Waals surface area contributed by atoms with Gasteiger partial charge in [-0.25, -0.2) is 0 Å². The van der Waals surface area contributed by atoms with Crippen molar-refractivity contribution in [2.24, 2.45) is 0 Å². The van der Waals surface area contributed by atoms with E-state index >= 15 is 0 Å². The monoisotopic (exact) mass is 223 g/mol. The highest BCUT2D eigenvalue weighted by molar-refractivity contribution is 7.09. The van der Waals surface area contributed by atoms with E-state index in [2.05, 4.69) is 48.8 Å². The van der Waals surface area contributed by atoms with E-state index < -0.39 is 0 Å². The molecule has 0 unspecified atom stereocenters. The fraction of sp³-hybridized carbons (Fsp3) is 0.538. The fourth-order valence-corrected chi connectivity index (χ4v) is 2.10. The van der Waals surface area contributed by atoms with Gasteiger partial charge in [-0.15, -0.1) is 11.3 Å². The molecule has 0 fully saturated rings. The maximum Gasteiger partial charge on any atom is 0.00482 e. The molecule has 15 heavy (non-hydrogen) atoms. The third-order valence-electron chi connectivity index (χ3n) is 2.17. The van der Waals surface area contributed by atoms with Crippen LogP contribution in [0.5, 0.6) is 0 Å². The molecule has 1 N–H and O–H groups in total. The van der Waals surface area contributed by atoms with Crippen molar-refractivity contribution < 1.29 is 0 Å². The van der Waals surface area contributed by atoms with Gasteiger partial charge in [0, 0.05) is 10.9 Å². The first-order valence-electron chi connectivity index (χ1n) is 5.70. The predicted octanol–water partition coefficient (Wildman–Crippen LogP) is 3.63. The normalized spacial score (nSPS) is 11.7. The van der Waals surface area contributed by atoms with E-state index in [1.165, 1.54) is 17.7 Å².